The van der Waals surface area contributed by atoms with Crippen LogP contribution in [0.25, 0.3) is 0 Å². The molecule has 1 aromatic rings. The van der Waals surface area contributed by atoms with Gasteiger partial charge in [0.2, 0.25) is 11.8 Å². The number of fused-ring (bicyclic) bond motifs is 1. The Bertz CT molecular complexity index is 963. The summed E-state index contributed by atoms with van der Waals surface area (Å²) in [6.07, 6.45) is -0.845. The number of nitrogens with zero attached hydrogens (tertiary/aromatic N) is 3. The van der Waals surface area contributed by atoms with E-state index in [1.807, 2.05) is 0 Å². The molecule has 2 aliphatic rings. The molecule has 31 heavy (non-hydrogen) atoms. The van der Waals surface area contributed by atoms with Crippen LogP contribution in [0.4, 0.5) is 0 Å². The third-order valence-corrected chi connectivity index (χ3v) is 5.48. The third-order valence-electron chi connectivity index (χ3n) is 4.14. The fourth-order valence-electron chi connectivity index (χ4n) is 2.90. The monoisotopic (exact) mass is 462 g/mol. The van der Waals surface area contributed by atoms with Gasteiger partial charge in [0.25, 0.3) is 5.91 Å². The Kier molecular flexibility index (Phi) is 8.22. The van der Waals surface area contributed by atoms with E-state index in [0.29, 0.717) is 0 Å². The Morgan fingerprint density at radius 2 is 2.06 bits per heavy atom. The van der Waals surface area contributed by atoms with Gasteiger partial charge in [0.15, 0.2) is 5.82 Å². The quantitative estimate of drug-likeness (QED) is 0.212. The summed E-state index contributed by atoms with van der Waals surface area (Å²) < 4.78 is 9.61. The molecule has 13 nitrogen and oxygen atoms in total. The maximum absolute atomic E-state index is 12.5. The molecule has 2 atom stereocenters. The number of hydrogen-bond acceptors (Lipinski definition) is 11. The molecule has 0 aliphatic carbocycles. The maximum Gasteiger partial charge on any atom is 1.00 e. The molecule has 1 fully saturated rings. The van der Waals surface area contributed by atoms with E-state index in [0.717, 1.165) is 4.90 Å². The van der Waals surface area contributed by atoms with Crippen LogP contribution in [-0.4, -0.2) is 73.6 Å². The number of β-lactam (4-membered cyclic amide) rings is 1. The number of esters is 1. The van der Waals surface area contributed by atoms with E-state index in [9.17, 15) is 29.1 Å². The van der Waals surface area contributed by atoms with Gasteiger partial charge in [-0.05, 0) is 0 Å². The predicted octanol–water partition coefficient (Wildman–Crippen LogP) is -5.79. The molecule has 3 rings (SSSR count). The van der Waals surface area contributed by atoms with Gasteiger partial charge in [-0.3, -0.25) is 24.1 Å². The summed E-state index contributed by atoms with van der Waals surface area (Å²) in [7, 11) is 0. The van der Waals surface area contributed by atoms with Crippen molar-refractivity contribution in [1.29, 1.82) is 0 Å². The number of carboxylic acids is 2. The van der Waals surface area contributed by atoms with Crippen molar-refractivity contribution in [3.63, 3.8) is 0 Å². The number of carbonyl (C=O) groups excluding carboxylic acids is 4. The van der Waals surface area contributed by atoms with Crippen molar-refractivity contribution >= 4 is 41.5 Å². The van der Waals surface area contributed by atoms with E-state index in [2.05, 4.69) is 15.5 Å². The van der Waals surface area contributed by atoms with Crippen LogP contribution < -0.4 is 40.0 Å². The normalized spacial score (nSPS) is 19.6. The number of nitrogens with one attached hydrogen (secondary N) is 1. The molecular weight excluding hydrogens is 447 g/mol. The average Bonchev–Trinajstić information content (AvgIpc) is 3.09. The summed E-state index contributed by atoms with van der Waals surface area (Å²) in [5.74, 6) is -4.69. The van der Waals surface area contributed by atoms with Crippen LogP contribution in [0.1, 0.15) is 18.6 Å². The molecule has 1 aromatic heterocycles. The minimum absolute atomic E-state index is 0. The molecule has 1 unspecified atom stereocenters. The molecule has 1 saturated heterocycles. The third kappa shape index (κ3) is 5.64. The molecule has 0 saturated carbocycles. The van der Waals surface area contributed by atoms with Crippen LogP contribution in [0.15, 0.2) is 15.8 Å². The van der Waals surface area contributed by atoms with Crippen molar-refractivity contribution in [1.82, 2.24) is 20.4 Å². The molecule has 15 heteroatoms. The van der Waals surface area contributed by atoms with Gasteiger partial charge in [-0.2, -0.15) is 4.98 Å². The summed E-state index contributed by atoms with van der Waals surface area (Å²) >= 11 is 1.20. The van der Waals surface area contributed by atoms with E-state index in [4.69, 9.17) is 14.4 Å². The molecule has 2 N–H and O–H groups in total. The van der Waals surface area contributed by atoms with E-state index in [-0.39, 0.29) is 71.3 Å². The van der Waals surface area contributed by atoms with Gasteiger partial charge in [-0.25, -0.2) is 0 Å². The summed E-state index contributed by atoms with van der Waals surface area (Å²) in [5, 5.41) is 25.4. The van der Waals surface area contributed by atoms with Crippen molar-refractivity contribution in [2.24, 2.45) is 0 Å². The second kappa shape index (κ2) is 10.3. The van der Waals surface area contributed by atoms with Crippen LogP contribution in [0.2, 0.25) is 0 Å². The zero-order valence-electron chi connectivity index (χ0n) is 16.4. The van der Waals surface area contributed by atoms with Gasteiger partial charge in [-0.1, -0.05) is 5.16 Å². The zero-order valence-corrected chi connectivity index (χ0v) is 19.3. The standard InChI is InChI=1S/C16H16N4O9S.Na/c1-6(21)28-4-7-5-30-15-12(14(25)20(15)13(7)16(26)27)18-9(22)3-10-17-8(19-29-10)2-11(23)24;/h12,15H,2-5H2,1H3,(H,18,22)(H,23,24)(H,26,27);/q;+1/p-1/t12?,15-;/m1./s1. The van der Waals surface area contributed by atoms with Gasteiger partial charge < -0.3 is 29.6 Å². The van der Waals surface area contributed by atoms with E-state index in [1.54, 1.807) is 0 Å². The number of thioether (sulfide) groups is 1. The SMILES string of the molecule is CC(=O)OCC1=C(C(=O)[O-])N2C(=O)C(NC(=O)Cc3nc(CC(=O)O)no3)[C@H]2SC1.[Na+]. The number of rotatable bonds is 8. The van der Waals surface area contributed by atoms with Gasteiger partial charge in [-0.15, -0.1) is 11.8 Å². The van der Waals surface area contributed by atoms with Crippen molar-refractivity contribution in [2.75, 3.05) is 12.4 Å². The Balaban J connectivity index is 0.00000341. The second-order valence-corrected chi connectivity index (χ2v) is 7.43. The first-order valence-electron chi connectivity index (χ1n) is 8.51. The number of ether oxygens (including phenoxy) is 1. The van der Waals surface area contributed by atoms with Gasteiger partial charge in [0, 0.05) is 18.2 Å². The number of aliphatic carboxylic acids is 2. The summed E-state index contributed by atoms with van der Waals surface area (Å²) in [6.45, 7) is 0.890. The van der Waals surface area contributed by atoms with E-state index in [1.165, 1.54) is 18.7 Å². The minimum atomic E-state index is -1.59. The molecule has 2 aliphatic heterocycles. The molecule has 0 spiro atoms. The summed E-state index contributed by atoms with van der Waals surface area (Å²) in [5.41, 5.74) is -0.146. The average molecular weight is 462 g/mol. The van der Waals surface area contributed by atoms with Crippen molar-refractivity contribution in [2.45, 2.75) is 31.2 Å². The zero-order chi connectivity index (χ0) is 22.0. The van der Waals surface area contributed by atoms with Crippen LogP contribution in [0.5, 0.6) is 0 Å². The van der Waals surface area contributed by atoms with Crippen LogP contribution in [0, 0.1) is 0 Å². The molecule has 0 bridgehead atoms. The summed E-state index contributed by atoms with van der Waals surface area (Å²) in [6, 6.07) is -0.978. The van der Waals surface area contributed by atoms with Crippen molar-refractivity contribution in [3.8, 4) is 0 Å². The molecular formula is C16H15N4NaO9S. The fraction of sp³-hybridized carbons (Fsp3) is 0.438. The van der Waals surface area contributed by atoms with Gasteiger partial charge in [0.1, 0.15) is 30.9 Å². The Hall–Kier alpha value is -2.42. The topological polar surface area (TPSA) is 192 Å². The van der Waals surface area contributed by atoms with Crippen LogP contribution in [0.3, 0.4) is 0 Å². The van der Waals surface area contributed by atoms with E-state index >= 15 is 0 Å². The first kappa shape index (κ1) is 24.8. The number of amides is 2. The largest absolute Gasteiger partial charge is 1.00 e. The molecule has 2 amide bonds. The Morgan fingerprint density at radius 1 is 1.35 bits per heavy atom. The van der Waals surface area contributed by atoms with E-state index < -0.39 is 47.6 Å². The number of hydrogen-bond donors (Lipinski definition) is 2. The number of carboxylic acid groups (broad SMARTS) is 2. The molecule has 160 valence electrons. The van der Waals surface area contributed by atoms with Crippen LogP contribution >= 0.6 is 11.8 Å². The Morgan fingerprint density at radius 3 is 2.68 bits per heavy atom. The fourth-order valence-corrected chi connectivity index (χ4v) is 4.23. The molecule has 3 heterocycles. The van der Waals surface area contributed by atoms with Crippen LogP contribution in [-0.2, 0) is 41.6 Å². The maximum atomic E-state index is 12.5. The number of aromatic nitrogens is 2. The first-order valence-corrected chi connectivity index (χ1v) is 9.56. The minimum Gasteiger partial charge on any atom is -0.543 e. The second-order valence-electron chi connectivity index (χ2n) is 6.33. The van der Waals surface area contributed by atoms with Gasteiger partial charge >= 0.3 is 41.5 Å². The Labute approximate surface area is 200 Å². The van der Waals surface area contributed by atoms with Gasteiger partial charge in [0.05, 0.1) is 11.7 Å². The number of carbonyl (C=O) groups is 5. The smallest absolute Gasteiger partial charge is 0.543 e. The van der Waals surface area contributed by atoms with Crippen molar-refractivity contribution in [3.05, 3.63) is 23.0 Å². The van der Waals surface area contributed by atoms with Crippen molar-refractivity contribution < 1.29 is 73.0 Å². The molecule has 0 radical (unpaired) electrons. The summed E-state index contributed by atoms with van der Waals surface area (Å²) in [4.78, 5) is 62.5. The first-order chi connectivity index (χ1) is 14.2. The molecule has 0 aromatic carbocycles. The predicted molar refractivity (Wildman–Crippen MR) is 93.0 cm³/mol.